The fourth-order valence-electron chi connectivity index (χ4n) is 3.73. The molecule has 0 unspecified atom stereocenters. The molecule has 170 valence electrons. The van der Waals surface area contributed by atoms with Crippen molar-refractivity contribution < 1.29 is 14.3 Å². The standard InChI is InChI=1S/C24H28ClN3O3S/c1-16-12-19(13-17(2)23(16)25)31-9-3-4-22(29)27-24-26-20-6-5-18(14-21(20)32-24)15-28-7-10-30-11-8-28/h5-6,12-14H,3-4,7-11,15H2,1-2H3,(H,26,27,29). The fourth-order valence-corrected chi connectivity index (χ4v) is 4.79. The molecule has 1 aromatic heterocycles. The quantitative estimate of drug-likeness (QED) is 0.456. The van der Waals surface area contributed by atoms with Gasteiger partial charge in [0.15, 0.2) is 5.13 Å². The van der Waals surface area contributed by atoms with Gasteiger partial charge in [-0.15, -0.1) is 0 Å². The zero-order valence-corrected chi connectivity index (χ0v) is 20.0. The first-order valence-corrected chi connectivity index (χ1v) is 12.1. The van der Waals surface area contributed by atoms with Crippen molar-refractivity contribution in [1.82, 2.24) is 9.88 Å². The Bertz CT molecular complexity index is 1070. The van der Waals surface area contributed by atoms with Gasteiger partial charge in [-0.2, -0.15) is 0 Å². The second-order valence-electron chi connectivity index (χ2n) is 8.08. The van der Waals surface area contributed by atoms with E-state index >= 15 is 0 Å². The number of thiazole rings is 1. The lowest BCUT2D eigenvalue weighted by atomic mass is 10.1. The van der Waals surface area contributed by atoms with Crippen molar-refractivity contribution in [2.45, 2.75) is 33.2 Å². The molecule has 1 fully saturated rings. The molecule has 4 rings (SSSR count). The number of amides is 1. The molecule has 32 heavy (non-hydrogen) atoms. The number of benzene rings is 2. The van der Waals surface area contributed by atoms with Gasteiger partial charge in [0.1, 0.15) is 5.75 Å². The van der Waals surface area contributed by atoms with E-state index in [1.54, 1.807) is 0 Å². The lowest BCUT2D eigenvalue weighted by molar-refractivity contribution is -0.116. The molecule has 1 aliphatic heterocycles. The molecule has 2 aromatic carbocycles. The molecular weight excluding hydrogens is 446 g/mol. The fraction of sp³-hybridized carbons (Fsp3) is 0.417. The van der Waals surface area contributed by atoms with Crippen LogP contribution in [0.2, 0.25) is 5.02 Å². The number of halogens is 1. The Hall–Kier alpha value is -2.19. The number of nitrogens with one attached hydrogen (secondary N) is 1. The lowest BCUT2D eigenvalue weighted by Crippen LogP contribution is -2.35. The van der Waals surface area contributed by atoms with E-state index in [4.69, 9.17) is 21.1 Å². The van der Waals surface area contributed by atoms with Crippen LogP contribution >= 0.6 is 22.9 Å². The number of aryl methyl sites for hydroxylation is 2. The van der Waals surface area contributed by atoms with Crippen molar-refractivity contribution in [2.75, 3.05) is 38.2 Å². The minimum Gasteiger partial charge on any atom is -0.494 e. The van der Waals surface area contributed by atoms with Crippen LogP contribution in [0.4, 0.5) is 5.13 Å². The number of ether oxygens (including phenoxy) is 2. The zero-order valence-electron chi connectivity index (χ0n) is 18.4. The minimum atomic E-state index is -0.0512. The normalized spacial score (nSPS) is 14.6. The van der Waals surface area contributed by atoms with Crippen LogP contribution in [0.1, 0.15) is 29.5 Å². The van der Waals surface area contributed by atoms with Gasteiger partial charge in [0.2, 0.25) is 5.91 Å². The number of hydrogen-bond donors (Lipinski definition) is 1. The van der Waals surface area contributed by atoms with E-state index in [9.17, 15) is 4.79 Å². The third-order valence-corrected chi connectivity index (χ3v) is 6.97. The summed E-state index contributed by atoms with van der Waals surface area (Å²) in [6, 6.07) is 10.2. The Labute approximate surface area is 197 Å². The Kier molecular flexibility index (Phi) is 7.63. The van der Waals surface area contributed by atoms with E-state index in [1.807, 2.05) is 32.0 Å². The van der Waals surface area contributed by atoms with Crippen molar-refractivity contribution in [2.24, 2.45) is 0 Å². The van der Waals surface area contributed by atoms with Crippen molar-refractivity contribution >= 4 is 44.2 Å². The van der Waals surface area contributed by atoms with Crippen LogP contribution < -0.4 is 10.1 Å². The molecule has 0 spiro atoms. The van der Waals surface area contributed by atoms with Crippen LogP contribution in [-0.2, 0) is 16.1 Å². The zero-order chi connectivity index (χ0) is 22.5. The summed E-state index contributed by atoms with van der Waals surface area (Å²) >= 11 is 7.70. The second-order valence-corrected chi connectivity index (χ2v) is 9.49. The van der Waals surface area contributed by atoms with Gasteiger partial charge in [0.05, 0.1) is 30.0 Å². The van der Waals surface area contributed by atoms with Gasteiger partial charge >= 0.3 is 0 Å². The monoisotopic (exact) mass is 473 g/mol. The van der Waals surface area contributed by atoms with E-state index < -0.39 is 0 Å². The SMILES string of the molecule is Cc1cc(OCCCC(=O)Nc2nc3ccc(CN4CCOCC4)cc3s2)cc(C)c1Cl. The maximum absolute atomic E-state index is 12.3. The van der Waals surface area contributed by atoms with Gasteiger partial charge in [-0.05, 0) is 61.2 Å². The number of aromatic nitrogens is 1. The first-order chi connectivity index (χ1) is 15.5. The highest BCUT2D eigenvalue weighted by Gasteiger charge is 2.13. The number of anilines is 1. The third-order valence-electron chi connectivity index (χ3n) is 5.44. The van der Waals surface area contributed by atoms with Gasteiger partial charge in [-0.1, -0.05) is 29.0 Å². The maximum Gasteiger partial charge on any atom is 0.226 e. The van der Waals surface area contributed by atoms with E-state index in [2.05, 4.69) is 27.3 Å². The van der Waals surface area contributed by atoms with Crippen molar-refractivity contribution in [3.05, 3.63) is 52.0 Å². The highest BCUT2D eigenvalue weighted by atomic mass is 35.5. The summed E-state index contributed by atoms with van der Waals surface area (Å²) in [4.78, 5) is 19.3. The van der Waals surface area contributed by atoms with Crippen molar-refractivity contribution in [3.63, 3.8) is 0 Å². The van der Waals surface area contributed by atoms with E-state index in [0.29, 0.717) is 24.6 Å². The molecule has 3 aromatic rings. The summed E-state index contributed by atoms with van der Waals surface area (Å²) < 4.78 is 12.3. The molecule has 2 heterocycles. The topological polar surface area (TPSA) is 63.7 Å². The van der Waals surface area contributed by atoms with Gasteiger partial charge < -0.3 is 14.8 Å². The second kappa shape index (κ2) is 10.6. The molecule has 0 aliphatic carbocycles. The van der Waals surface area contributed by atoms with Crippen molar-refractivity contribution in [1.29, 1.82) is 0 Å². The number of nitrogens with zero attached hydrogens (tertiary/aromatic N) is 2. The summed E-state index contributed by atoms with van der Waals surface area (Å²) in [7, 11) is 0. The average molecular weight is 474 g/mol. The van der Waals surface area contributed by atoms with E-state index in [-0.39, 0.29) is 5.91 Å². The molecule has 6 nitrogen and oxygen atoms in total. The molecule has 8 heteroatoms. The Morgan fingerprint density at radius 3 is 2.72 bits per heavy atom. The predicted molar refractivity (Wildman–Crippen MR) is 130 cm³/mol. The molecule has 1 aliphatic rings. The number of carbonyl (C=O) groups is 1. The summed E-state index contributed by atoms with van der Waals surface area (Å²) in [5.74, 6) is 0.730. The van der Waals surface area contributed by atoms with Gasteiger partial charge in [-0.25, -0.2) is 4.98 Å². The van der Waals surface area contributed by atoms with Crippen LogP contribution in [0.5, 0.6) is 5.75 Å². The molecule has 1 N–H and O–H groups in total. The summed E-state index contributed by atoms with van der Waals surface area (Å²) in [6.45, 7) is 8.81. The first kappa shape index (κ1) is 23.0. The molecule has 0 saturated carbocycles. The van der Waals surface area contributed by atoms with Crippen molar-refractivity contribution in [3.8, 4) is 5.75 Å². The highest BCUT2D eigenvalue weighted by molar-refractivity contribution is 7.22. The van der Waals surface area contributed by atoms with E-state index in [0.717, 1.165) is 65.0 Å². The predicted octanol–water partition coefficient (Wildman–Crippen LogP) is 5.20. The smallest absolute Gasteiger partial charge is 0.226 e. The maximum atomic E-state index is 12.3. The molecule has 0 atom stereocenters. The van der Waals surface area contributed by atoms with Crippen LogP contribution in [0.15, 0.2) is 30.3 Å². The number of carbonyl (C=O) groups excluding carboxylic acids is 1. The molecule has 0 bridgehead atoms. The molecule has 1 amide bonds. The molecule has 1 saturated heterocycles. The van der Waals surface area contributed by atoms with Crippen LogP contribution in [0.3, 0.4) is 0 Å². The average Bonchev–Trinajstić information content (AvgIpc) is 3.17. The van der Waals surface area contributed by atoms with Crippen LogP contribution in [-0.4, -0.2) is 48.7 Å². The number of fused-ring (bicyclic) bond motifs is 1. The lowest BCUT2D eigenvalue weighted by Gasteiger charge is -2.26. The highest BCUT2D eigenvalue weighted by Crippen LogP contribution is 2.28. The Morgan fingerprint density at radius 2 is 1.97 bits per heavy atom. The largest absolute Gasteiger partial charge is 0.494 e. The summed E-state index contributed by atoms with van der Waals surface area (Å²) in [5, 5.41) is 4.33. The number of morpholine rings is 1. The minimum absolute atomic E-state index is 0.0512. The van der Waals surface area contributed by atoms with Gasteiger partial charge in [-0.3, -0.25) is 9.69 Å². The van der Waals surface area contributed by atoms with Gasteiger partial charge in [0, 0.05) is 31.1 Å². The number of rotatable bonds is 8. The van der Waals surface area contributed by atoms with E-state index in [1.165, 1.54) is 16.9 Å². The number of hydrogen-bond acceptors (Lipinski definition) is 6. The molecular formula is C24H28ClN3O3S. The first-order valence-electron chi connectivity index (χ1n) is 10.9. The Balaban J connectivity index is 1.26. The van der Waals surface area contributed by atoms with Gasteiger partial charge in [0.25, 0.3) is 0 Å². The summed E-state index contributed by atoms with van der Waals surface area (Å²) in [5.41, 5.74) is 4.14. The third kappa shape index (κ3) is 5.98. The summed E-state index contributed by atoms with van der Waals surface area (Å²) in [6.07, 6.45) is 1.00. The Morgan fingerprint density at radius 1 is 1.22 bits per heavy atom. The van der Waals surface area contributed by atoms with Crippen LogP contribution in [0, 0.1) is 13.8 Å². The molecule has 0 radical (unpaired) electrons. The van der Waals surface area contributed by atoms with Crippen LogP contribution in [0.25, 0.3) is 10.2 Å².